The fourth-order valence-corrected chi connectivity index (χ4v) is 3.21. The van der Waals surface area contributed by atoms with Crippen LogP contribution in [0.4, 0.5) is 5.69 Å². The van der Waals surface area contributed by atoms with Crippen molar-refractivity contribution in [2.45, 2.75) is 12.8 Å². The first-order valence-electron chi connectivity index (χ1n) is 6.99. The van der Waals surface area contributed by atoms with Gasteiger partial charge in [0.25, 0.3) is 11.8 Å². The van der Waals surface area contributed by atoms with E-state index in [1.807, 2.05) is 37.3 Å². The van der Waals surface area contributed by atoms with Crippen LogP contribution in [0.5, 0.6) is 0 Å². The molecule has 3 rings (SSSR count). The molecule has 1 aliphatic rings. The lowest BCUT2D eigenvalue weighted by molar-refractivity contribution is 0.0647. The average molecular weight is 359 g/mol. The summed E-state index contributed by atoms with van der Waals surface area (Å²) in [7, 11) is 0. The Balaban J connectivity index is 1.90. The molecule has 0 bridgehead atoms. The minimum Gasteiger partial charge on any atom is -0.398 e. The number of fused-ring (bicyclic) bond motifs is 1. The van der Waals surface area contributed by atoms with E-state index in [4.69, 9.17) is 5.73 Å². The highest BCUT2D eigenvalue weighted by atomic mass is 79.9. The quantitative estimate of drug-likeness (QED) is 0.675. The Bertz CT molecular complexity index is 759. The number of carbonyl (C=O) groups is 2. The van der Waals surface area contributed by atoms with Crippen molar-refractivity contribution in [3.05, 3.63) is 63.6 Å². The fraction of sp³-hybridized carbons (Fsp3) is 0.176. The zero-order valence-corrected chi connectivity index (χ0v) is 13.6. The maximum Gasteiger partial charge on any atom is 0.263 e. The summed E-state index contributed by atoms with van der Waals surface area (Å²) in [5.74, 6) is -0.531. The molecule has 0 spiro atoms. The lowest BCUT2D eigenvalue weighted by Gasteiger charge is -2.19. The van der Waals surface area contributed by atoms with Crippen molar-refractivity contribution in [3.63, 3.8) is 0 Å². The predicted molar refractivity (Wildman–Crippen MR) is 88.8 cm³/mol. The molecule has 112 valence electrons. The summed E-state index contributed by atoms with van der Waals surface area (Å²) in [5.41, 5.74) is 8.01. The Kier molecular flexibility index (Phi) is 3.74. The third kappa shape index (κ3) is 2.41. The van der Waals surface area contributed by atoms with Crippen LogP contribution in [0.25, 0.3) is 0 Å². The summed E-state index contributed by atoms with van der Waals surface area (Å²) < 4.78 is 0.697. The molecule has 2 aromatic carbocycles. The van der Waals surface area contributed by atoms with Gasteiger partial charge in [-0.1, -0.05) is 53.2 Å². The molecule has 0 aromatic heterocycles. The first-order valence-corrected chi connectivity index (χ1v) is 7.78. The van der Waals surface area contributed by atoms with Gasteiger partial charge in [-0.15, -0.1) is 0 Å². The van der Waals surface area contributed by atoms with Gasteiger partial charge in [0, 0.05) is 16.7 Å². The van der Waals surface area contributed by atoms with Gasteiger partial charge in [0.2, 0.25) is 0 Å². The first kappa shape index (κ1) is 14.8. The van der Waals surface area contributed by atoms with Crippen molar-refractivity contribution in [2.24, 2.45) is 0 Å². The largest absolute Gasteiger partial charge is 0.398 e. The van der Waals surface area contributed by atoms with Crippen LogP contribution in [0.1, 0.15) is 39.1 Å². The minimum atomic E-state index is -0.312. The maximum atomic E-state index is 12.5. The summed E-state index contributed by atoms with van der Waals surface area (Å²) in [4.78, 5) is 26.3. The van der Waals surface area contributed by atoms with E-state index in [-0.39, 0.29) is 17.7 Å². The summed E-state index contributed by atoms with van der Waals surface area (Å²) in [6.07, 6.45) is 0. The number of carbonyl (C=O) groups excluding carboxylic acids is 2. The monoisotopic (exact) mass is 358 g/mol. The normalized spacial score (nSPS) is 15.1. The number of hydrogen-bond donors (Lipinski definition) is 1. The molecular weight excluding hydrogens is 344 g/mol. The predicted octanol–water partition coefficient (Wildman–Crippen LogP) is 3.43. The number of anilines is 1. The molecule has 5 heteroatoms. The number of imide groups is 1. The Morgan fingerprint density at radius 2 is 1.82 bits per heavy atom. The zero-order valence-electron chi connectivity index (χ0n) is 12.0. The third-order valence-electron chi connectivity index (χ3n) is 3.89. The molecule has 4 nitrogen and oxygen atoms in total. The summed E-state index contributed by atoms with van der Waals surface area (Å²) >= 11 is 3.31. The van der Waals surface area contributed by atoms with Crippen molar-refractivity contribution in [1.29, 1.82) is 0 Å². The van der Waals surface area contributed by atoms with Crippen LogP contribution >= 0.6 is 15.9 Å². The molecule has 0 fully saturated rings. The van der Waals surface area contributed by atoms with Gasteiger partial charge in [-0.2, -0.15) is 0 Å². The summed E-state index contributed by atoms with van der Waals surface area (Å²) in [6, 6.07) is 13.1. The summed E-state index contributed by atoms with van der Waals surface area (Å²) in [5, 5.41) is 0. The molecule has 2 N–H and O–H groups in total. The van der Waals surface area contributed by atoms with E-state index in [2.05, 4.69) is 15.9 Å². The third-order valence-corrected chi connectivity index (χ3v) is 4.35. The molecular formula is C17H15BrN2O2. The van der Waals surface area contributed by atoms with Crippen molar-refractivity contribution < 1.29 is 9.59 Å². The standard InChI is InChI=1S/C17H15BrN2O2/c1-10(11-5-3-2-4-6-11)9-20-16(21)13-7-12(18)8-14(19)15(13)17(20)22/h2-8,10H,9,19H2,1H3/t10-/m1/s1. The first-order chi connectivity index (χ1) is 10.5. The van der Waals surface area contributed by atoms with Gasteiger partial charge in [0.15, 0.2) is 0 Å². The number of nitrogens with two attached hydrogens (primary N) is 1. The molecule has 0 aliphatic carbocycles. The molecule has 1 heterocycles. The zero-order chi connectivity index (χ0) is 15.9. The van der Waals surface area contributed by atoms with E-state index in [0.29, 0.717) is 27.8 Å². The lowest BCUT2D eigenvalue weighted by Crippen LogP contribution is -2.33. The number of nitrogen functional groups attached to an aromatic ring is 1. The van der Waals surface area contributed by atoms with Gasteiger partial charge in [-0.3, -0.25) is 14.5 Å². The number of hydrogen-bond acceptors (Lipinski definition) is 3. The van der Waals surface area contributed by atoms with Crippen LogP contribution in [-0.4, -0.2) is 23.3 Å². The highest BCUT2D eigenvalue weighted by Crippen LogP contribution is 2.32. The van der Waals surface area contributed by atoms with Gasteiger partial charge in [0.1, 0.15) is 0 Å². The number of rotatable bonds is 3. The van der Waals surface area contributed by atoms with E-state index in [1.54, 1.807) is 12.1 Å². The molecule has 22 heavy (non-hydrogen) atoms. The fourth-order valence-electron chi connectivity index (χ4n) is 2.73. The van der Waals surface area contributed by atoms with E-state index in [1.165, 1.54) is 4.90 Å². The van der Waals surface area contributed by atoms with Crippen LogP contribution in [0, 0.1) is 0 Å². The second-order valence-electron chi connectivity index (χ2n) is 5.45. The van der Waals surface area contributed by atoms with Crippen LogP contribution < -0.4 is 5.73 Å². The Morgan fingerprint density at radius 1 is 1.14 bits per heavy atom. The van der Waals surface area contributed by atoms with E-state index in [0.717, 1.165) is 5.56 Å². The Labute approximate surface area is 137 Å². The minimum absolute atomic E-state index is 0.0630. The smallest absolute Gasteiger partial charge is 0.263 e. The van der Waals surface area contributed by atoms with Crippen LogP contribution in [0.15, 0.2) is 46.9 Å². The molecule has 0 saturated carbocycles. The lowest BCUT2D eigenvalue weighted by atomic mass is 10.0. The second-order valence-corrected chi connectivity index (χ2v) is 6.37. The van der Waals surface area contributed by atoms with Gasteiger partial charge in [-0.25, -0.2) is 0 Å². The Hall–Kier alpha value is -2.14. The highest BCUT2D eigenvalue weighted by Gasteiger charge is 2.38. The molecule has 1 atom stereocenters. The number of halogens is 1. The van der Waals surface area contributed by atoms with Gasteiger partial charge < -0.3 is 5.73 Å². The average Bonchev–Trinajstić information content (AvgIpc) is 2.73. The Morgan fingerprint density at radius 3 is 2.50 bits per heavy atom. The summed E-state index contributed by atoms with van der Waals surface area (Å²) in [6.45, 7) is 2.34. The van der Waals surface area contributed by atoms with Crippen molar-refractivity contribution in [2.75, 3.05) is 12.3 Å². The van der Waals surface area contributed by atoms with Gasteiger partial charge >= 0.3 is 0 Å². The van der Waals surface area contributed by atoms with Crippen LogP contribution in [0.2, 0.25) is 0 Å². The van der Waals surface area contributed by atoms with Crippen molar-refractivity contribution in [3.8, 4) is 0 Å². The molecule has 2 aromatic rings. The molecule has 1 aliphatic heterocycles. The van der Waals surface area contributed by atoms with E-state index >= 15 is 0 Å². The second kappa shape index (κ2) is 5.57. The van der Waals surface area contributed by atoms with Gasteiger partial charge in [-0.05, 0) is 23.6 Å². The van der Waals surface area contributed by atoms with Gasteiger partial charge in [0.05, 0.1) is 11.1 Å². The van der Waals surface area contributed by atoms with Crippen LogP contribution in [-0.2, 0) is 0 Å². The maximum absolute atomic E-state index is 12.5. The number of nitrogens with zero attached hydrogens (tertiary/aromatic N) is 1. The topological polar surface area (TPSA) is 63.4 Å². The highest BCUT2D eigenvalue weighted by molar-refractivity contribution is 9.10. The number of amides is 2. The van der Waals surface area contributed by atoms with E-state index < -0.39 is 0 Å². The molecule has 2 amide bonds. The molecule has 0 unspecified atom stereocenters. The van der Waals surface area contributed by atoms with Crippen molar-refractivity contribution in [1.82, 2.24) is 4.90 Å². The number of benzene rings is 2. The SMILES string of the molecule is C[C@H](CN1C(=O)c2cc(Br)cc(N)c2C1=O)c1ccccc1. The molecule has 0 radical (unpaired) electrons. The molecule has 0 saturated heterocycles. The van der Waals surface area contributed by atoms with E-state index in [9.17, 15) is 9.59 Å². The van der Waals surface area contributed by atoms with Crippen molar-refractivity contribution >= 4 is 33.4 Å². The van der Waals surface area contributed by atoms with Crippen LogP contribution in [0.3, 0.4) is 0 Å².